The fourth-order valence-corrected chi connectivity index (χ4v) is 2.12. The summed E-state index contributed by atoms with van der Waals surface area (Å²) in [6.07, 6.45) is 2.33. The fourth-order valence-electron chi connectivity index (χ4n) is 2.12. The number of rotatable bonds is 8. The van der Waals surface area contributed by atoms with Crippen LogP contribution in [0.2, 0.25) is 0 Å². The van der Waals surface area contributed by atoms with Crippen molar-refractivity contribution in [1.29, 1.82) is 0 Å². The summed E-state index contributed by atoms with van der Waals surface area (Å²) in [7, 11) is 2.07. The highest BCUT2D eigenvalue weighted by Gasteiger charge is 2.07. The molecule has 0 radical (unpaired) electrons. The molecule has 0 atom stereocenters. The summed E-state index contributed by atoms with van der Waals surface area (Å²) in [5, 5.41) is 6.23. The maximum atomic E-state index is 11.7. The number of guanidine groups is 1. The molecule has 134 valence electrons. The molecule has 0 aliphatic carbocycles. The molecule has 0 spiro atoms. The number of amides is 1. The highest BCUT2D eigenvalue weighted by Crippen LogP contribution is 2.12. The number of nitrogens with zero attached hydrogens (tertiary/aromatic N) is 2. The first kappa shape index (κ1) is 20.0. The van der Waals surface area contributed by atoms with E-state index in [1.54, 1.807) is 0 Å². The first-order valence-electron chi connectivity index (χ1n) is 8.87. The second kappa shape index (κ2) is 10.7. The Morgan fingerprint density at radius 3 is 2.42 bits per heavy atom. The van der Waals surface area contributed by atoms with Gasteiger partial charge < -0.3 is 15.5 Å². The third kappa shape index (κ3) is 7.02. The van der Waals surface area contributed by atoms with Crippen molar-refractivity contribution in [3.8, 4) is 0 Å². The van der Waals surface area contributed by atoms with Gasteiger partial charge in [0.25, 0.3) is 0 Å². The normalized spacial score (nSPS) is 11.5. The maximum absolute atomic E-state index is 11.7. The topological polar surface area (TPSA) is 56.7 Å². The first-order valence-corrected chi connectivity index (χ1v) is 8.87. The number of hydrogen-bond acceptors (Lipinski definition) is 2. The molecule has 0 heterocycles. The molecule has 0 saturated heterocycles. The quantitative estimate of drug-likeness (QED) is 0.566. The van der Waals surface area contributed by atoms with Crippen molar-refractivity contribution in [1.82, 2.24) is 10.2 Å². The SMILES string of the molecule is CCCCN(C)C(=NCc1ccc(NC(=O)C(C)C)cc1)NCC. The molecule has 2 N–H and O–H groups in total. The van der Waals surface area contributed by atoms with E-state index in [0.29, 0.717) is 6.54 Å². The van der Waals surface area contributed by atoms with Crippen molar-refractivity contribution in [2.45, 2.75) is 47.1 Å². The highest BCUT2D eigenvalue weighted by atomic mass is 16.1. The Balaban J connectivity index is 2.67. The number of benzene rings is 1. The van der Waals surface area contributed by atoms with Gasteiger partial charge in [-0.2, -0.15) is 0 Å². The number of unbranched alkanes of at least 4 members (excludes halogenated alkanes) is 1. The molecule has 0 aliphatic heterocycles. The Labute approximate surface area is 146 Å². The van der Waals surface area contributed by atoms with Crippen LogP contribution < -0.4 is 10.6 Å². The van der Waals surface area contributed by atoms with Crippen LogP contribution in [-0.2, 0) is 11.3 Å². The fraction of sp³-hybridized carbons (Fsp3) is 0.579. The lowest BCUT2D eigenvalue weighted by atomic mass is 10.2. The molecule has 1 amide bonds. The van der Waals surface area contributed by atoms with Crippen molar-refractivity contribution < 1.29 is 4.79 Å². The van der Waals surface area contributed by atoms with Crippen LogP contribution in [-0.4, -0.2) is 36.9 Å². The predicted molar refractivity (Wildman–Crippen MR) is 102 cm³/mol. The molecule has 5 nitrogen and oxygen atoms in total. The average Bonchev–Trinajstić information content (AvgIpc) is 2.57. The summed E-state index contributed by atoms with van der Waals surface area (Å²) < 4.78 is 0. The molecule has 0 aliphatic rings. The van der Waals surface area contributed by atoms with Gasteiger partial charge in [0.2, 0.25) is 5.91 Å². The lowest BCUT2D eigenvalue weighted by molar-refractivity contribution is -0.118. The minimum Gasteiger partial charge on any atom is -0.357 e. The van der Waals surface area contributed by atoms with Crippen molar-refractivity contribution in [2.75, 3.05) is 25.5 Å². The van der Waals surface area contributed by atoms with E-state index in [1.807, 2.05) is 38.1 Å². The van der Waals surface area contributed by atoms with Gasteiger partial charge in [0.15, 0.2) is 5.96 Å². The Bertz CT molecular complexity index is 523. The molecular formula is C19H32N4O. The van der Waals surface area contributed by atoms with E-state index in [1.165, 1.54) is 6.42 Å². The zero-order chi connectivity index (χ0) is 17.9. The summed E-state index contributed by atoms with van der Waals surface area (Å²) in [6, 6.07) is 7.88. The third-order valence-electron chi connectivity index (χ3n) is 3.70. The van der Waals surface area contributed by atoms with Crippen LogP contribution in [0.1, 0.15) is 46.1 Å². The molecule has 0 saturated carbocycles. The van der Waals surface area contributed by atoms with Gasteiger partial charge in [0, 0.05) is 31.7 Å². The lowest BCUT2D eigenvalue weighted by Crippen LogP contribution is -2.39. The van der Waals surface area contributed by atoms with Crippen LogP contribution in [0.4, 0.5) is 5.69 Å². The van der Waals surface area contributed by atoms with Crippen LogP contribution in [0.3, 0.4) is 0 Å². The zero-order valence-electron chi connectivity index (χ0n) is 15.7. The van der Waals surface area contributed by atoms with Gasteiger partial charge in [0.1, 0.15) is 0 Å². The number of carbonyl (C=O) groups is 1. The zero-order valence-corrected chi connectivity index (χ0v) is 15.7. The number of hydrogen-bond donors (Lipinski definition) is 2. The van der Waals surface area contributed by atoms with Crippen molar-refractivity contribution in [3.63, 3.8) is 0 Å². The van der Waals surface area contributed by atoms with Crippen molar-refractivity contribution >= 4 is 17.6 Å². The van der Waals surface area contributed by atoms with Crippen LogP contribution in [0, 0.1) is 5.92 Å². The second-order valence-corrected chi connectivity index (χ2v) is 6.29. The van der Waals surface area contributed by atoms with Crippen LogP contribution in [0.25, 0.3) is 0 Å². The summed E-state index contributed by atoms with van der Waals surface area (Å²) in [5.41, 5.74) is 1.95. The minimum atomic E-state index is -0.0180. The van der Waals surface area contributed by atoms with Crippen LogP contribution in [0.5, 0.6) is 0 Å². The predicted octanol–water partition coefficient (Wildman–Crippen LogP) is 3.48. The van der Waals surface area contributed by atoms with Gasteiger partial charge in [-0.15, -0.1) is 0 Å². The van der Waals surface area contributed by atoms with Crippen molar-refractivity contribution in [2.24, 2.45) is 10.9 Å². The smallest absolute Gasteiger partial charge is 0.226 e. The molecule has 0 unspecified atom stereocenters. The summed E-state index contributed by atoms with van der Waals surface area (Å²) in [5.74, 6) is 0.950. The number of anilines is 1. The summed E-state index contributed by atoms with van der Waals surface area (Å²) >= 11 is 0. The number of nitrogens with one attached hydrogen (secondary N) is 2. The Morgan fingerprint density at radius 1 is 1.21 bits per heavy atom. The van der Waals surface area contributed by atoms with Gasteiger partial charge in [0.05, 0.1) is 6.54 Å². The van der Waals surface area contributed by atoms with E-state index in [2.05, 4.69) is 36.4 Å². The largest absolute Gasteiger partial charge is 0.357 e. The number of aliphatic imine (C=N–C) groups is 1. The molecule has 24 heavy (non-hydrogen) atoms. The Hall–Kier alpha value is -2.04. The first-order chi connectivity index (χ1) is 11.5. The standard InChI is InChI=1S/C19H32N4O/c1-6-8-13-23(5)19(20-7-2)21-14-16-9-11-17(12-10-16)22-18(24)15(3)4/h9-12,15H,6-8,13-14H2,1-5H3,(H,20,21)(H,22,24). The van der Waals surface area contributed by atoms with Gasteiger partial charge in [-0.25, -0.2) is 4.99 Å². The molecule has 0 aromatic heterocycles. The van der Waals surface area contributed by atoms with E-state index in [9.17, 15) is 4.79 Å². The third-order valence-corrected chi connectivity index (χ3v) is 3.70. The minimum absolute atomic E-state index is 0.0180. The van der Waals surface area contributed by atoms with Crippen molar-refractivity contribution in [3.05, 3.63) is 29.8 Å². The lowest BCUT2D eigenvalue weighted by Gasteiger charge is -2.21. The van der Waals surface area contributed by atoms with E-state index < -0.39 is 0 Å². The van der Waals surface area contributed by atoms with E-state index in [-0.39, 0.29) is 11.8 Å². The monoisotopic (exact) mass is 332 g/mol. The molecule has 1 aromatic carbocycles. The Morgan fingerprint density at radius 2 is 1.88 bits per heavy atom. The highest BCUT2D eigenvalue weighted by molar-refractivity contribution is 5.92. The Kier molecular flexibility index (Phi) is 8.90. The van der Waals surface area contributed by atoms with Gasteiger partial charge in [-0.05, 0) is 31.0 Å². The van der Waals surface area contributed by atoms with Crippen LogP contribution in [0.15, 0.2) is 29.3 Å². The average molecular weight is 332 g/mol. The summed E-state index contributed by atoms with van der Waals surface area (Å²) in [6.45, 7) is 10.5. The molecule has 1 aromatic rings. The molecular weight excluding hydrogens is 300 g/mol. The van der Waals surface area contributed by atoms with Crippen LogP contribution >= 0.6 is 0 Å². The van der Waals surface area contributed by atoms with E-state index in [4.69, 9.17) is 4.99 Å². The second-order valence-electron chi connectivity index (χ2n) is 6.29. The summed E-state index contributed by atoms with van der Waals surface area (Å²) in [4.78, 5) is 18.6. The maximum Gasteiger partial charge on any atom is 0.226 e. The van der Waals surface area contributed by atoms with E-state index >= 15 is 0 Å². The van der Waals surface area contributed by atoms with Gasteiger partial charge in [-0.1, -0.05) is 39.3 Å². The molecule has 0 bridgehead atoms. The van der Waals surface area contributed by atoms with E-state index in [0.717, 1.165) is 36.7 Å². The van der Waals surface area contributed by atoms with Gasteiger partial charge >= 0.3 is 0 Å². The molecule has 1 rings (SSSR count). The molecule has 0 fully saturated rings. The van der Waals surface area contributed by atoms with Gasteiger partial charge in [-0.3, -0.25) is 4.79 Å². The number of carbonyl (C=O) groups excluding carboxylic acids is 1. The molecule has 5 heteroatoms.